The highest BCUT2D eigenvalue weighted by Crippen LogP contribution is 2.23. The van der Waals surface area contributed by atoms with Gasteiger partial charge in [0.15, 0.2) is 5.82 Å². The van der Waals surface area contributed by atoms with Crippen molar-refractivity contribution in [2.75, 3.05) is 18.0 Å². The average Bonchev–Trinajstić information content (AvgIpc) is 3.48. The molecule has 0 unspecified atom stereocenters. The zero-order chi connectivity index (χ0) is 19.8. The normalized spacial score (nSPS) is 16.4. The van der Waals surface area contributed by atoms with Gasteiger partial charge in [-0.05, 0) is 35.7 Å². The molecule has 3 aromatic heterocycles. The van der Waals surface area contributed by atoms with Gasteiger partial charge in [0, 0.05) is 37.7 Å². The Morgan fingerprint density at radius 2 is 2.10 bits per heavy atom. The van der Waals surface area contributed by atoms with Crippen LogP contribution in [-0.4, -0.2) is 49.6 Å². The van der Waals surface area contributed by atoms with E-state index in [0.29, 0.717) is 17.9 Å². The summed E-state index contributed by atoms with van der Waals surface area (Å²) in [7, 11) is 0. The van der Waals surface area contributed by atoms with Crippen LogP contribution in [0.4, 0.5) is 10.2 Å². The molecular formula is C20H18FN7O. The molecule has 1 amide bonds. The second kappa shape index (κ2) is 7.01. The predicted octanol–water partition coefficient (Wildman–Crippen LogP) is 2.27. The minimum atomic E-state index is -0.288. The number of halogens is 1. The lowest BCUT2D eigenvalue weighted by atomic mass is 10.1. The molecule has 1 aliphatic rings. The van der Waals surface area contributed by atoms with Crippen molar-refractivity contribution in [1.29, 1.82) is 0 Å². The number of fused-ring (bicyclic) bond motifs is 1. The van der Waals surface area contributed by atoms with Crippen LogP contribution in [0.1, 0.15) is 16.9 Å². The summed E-state index contributed by atoms with van der Waals surface area (Å²) in [4.78, 5) is 22.2. The zero-order valence-corrected chi connectivity index (χ0v) is 15.4. The van der Waals surface area contributed by atoms with Crippen molar-refractivity contribution in [2.24, 2.45) is 0 Å². The number of benzene rings is 1. The van der Waals surface area contributed by atoms with E-state index < -0.39 is 0 Å². The van der Waals surface area contributed by atoms with Gasteiger partial charge < -0.3 is 15.2 Å². The molecule has 4 heterocycles. The van der Waals surface area contributed by atoms with E-state index >= 15 is 0 Å². The fraction of sp³-hybridized carbons (Fsp3) is 0.200. The molecule has 0 spiro atoms. The highest BCUT2D eigenvalue weighted by Gasteiger charge is 2.27. The molecule has 0 bridgehead atoms. The molecule has 5 rings (SSSR count). The summed E-state index contributed by atoms with van der Waals surface area (Å²) in [6, 6.07) is 7.96. The molecule has 1 saturated heterocycles. The number of amides is 1. The second-order valence-corrected chi connectivity index (χ2v) is 7.03. The third-order valence-electron chi connectivity index (χ3n) is 5.13. The van der Waals surface area contributed by atoms with Crippen molar-refractivity contribution in [3.8, 4) is 11.1 Å². The van der Waals surface area contributed by atoms with Crippen LogP contribution in [0.2, 0.25) is 0 Å². The Morgan fingerprint density at radius 1 is 1.24 bits per heavy atom. The first kappa shape index (κ1) is 17.4. The number of H-pyrrole nitrogens is 1. The van der Waals surface area contributed by atoms with Crippen molar-refractivity contribution >= 4 is 17.4 Å². The summed E-state index contributed by atoms with van der Waals surface area (Å²) in [6.45, 7) is 1.42. The van der Waals surface area contributed by atoms with Crippen molar-refractivity contribution < 1.29 is 9.18 Å². The van der Waals surface area contributed by atoms with E-state index in [1.165, 1.54) is 12.1 Å². The molecular weight excluding hydrogens is 373 g/mol. The third kappa shape index (κ3) is 3.31. The largest absolute Gasteiger partial charge is 0.357 e. The van der Waals surface area contributed by atoms with Crippen LogP contribution in [0.15, 0.2) is 55.2 Å². The highest BCUT2D eigenvalue weighted by atomic mass is 19.1. The van der Waals surface area contributed by atoms with E-state index in [1.807, 2.05) is 4.40 Å². The maximum atomic E-state index is 13.1. The SMILES string of the molecule is O=C(N[C@H]1CCN(c2nccn3cnnc23)C1)c1cc(-c2ccc(F)cc2)c[nH]1. The number of carbonyl (C=O) groups excluding carboxylic acids is 1. The van der Waals surface area contributed by atoms with Crippen LogP contribution in [0, 0.1) is 5.82 Å². The number of carbonyl (C=O) groups is 1. The fourth-order valence-corrected chi connectivity index (χ4v) is 3.64. The Morgan fingerprint density at radius 3 is 2.97 bits per heavy atom. The number of aromatic nitrogens is 5. The molecule has 2 N–H and O–H groups in total. The van der Waals surface area contributed by atoms with Crippen LogP contribution in [-0.2, 0) is 0 Å². The van der Waals surface area contributed by atoms with Crippen molar-refractivity contribution in [2.45, 2.75) is 12.5 Å². The van der Waals surface area contributed by atoms with Gasteiger partial charge in [-0.25, -0.2) is 9.37 Å². The van der Waals surface area contributed by atoms with Gasteiger partial charge in [0.25, 0.3) is 5.91 Å². The molecule has 1 aromatic carbocycles. The Kier molecular flexibility index (Phi) is 4.19. The summed E-state index contributed by atoms with van der Waals surface area (Å²) in [5, 5.41) is 11.1. The Balaban J connectivity index is 1.26. The van der Waals surface area contributed by atoms with E-state index in [-0.39, 0.29) is 17.8 Å². The van der Waals surface area contributed by atoms with E-state index in [0.717, 1.165) is 29.9 Å². The van der Waals surface area contributed by atoms with E-state index in [4.69, 9.17) is 0 Å². The molecule has 146 valence electrons. The zero-order valence-electron chi connectivity index (χ0n) is 15.4. The first-order valence-electron chi connectivity index (χ1n) is 9.32. The first-order chi connectivity index (χ1) is 14.2. The highest BCUT2D eigenvalue weighted by molar-refractivity contribution is 5.94. The average molecular weight is 391 g/mol. The molecule has 0 radical (unpaired) electrons. The number of anilines is 1. The van der Waals surface area contributed by atoms with Crippen LogP contribution >= 0.6 is 0 Å². The molecule has 4 aromatic rings. The summed E-state index contributed by atoms with van der Waals surface area (Å²) < 4.78 is 14.9. The molecule has 1 aliphatic heterocycles. The van der Waals surface area contributed by atoms with Crippen molar-refractivity contribution in [3.63, 3.8) is 0 Å². The minimum Gasteiger partial charge on any atom is -0.357 e. The van der Waals surface area contributed by atoms with Gasteiger partial charge in [0.05, 0.1) is 0 Å². The van der Waals surface area contributed by atoms with Gasteiger partial charge in [-0.2, -0.15) is 0 Å². The number of rotatable bonds is 4. The van der Waals surface area contributed by atoms with Crippen molar-refractivity contribution in [1.82, 2.24) is 29.9 Å². The first-order valence-corrected chi connectivity index (χ1v) is 9.32. The van der Waals surface area contributed by atoms with Gasteiger partial charge in [-0.1, -0.05) is 12.1 Å². The summed E-state index contributed by atoms with van der Waals surface area (Å²) >= 11 is 0. The molecule has 8 nitrogen and oxygen atoms in total. The predicted molar refractivity (Wildman–Crippen MR) is 105 cm³/mol. The summed E-state index contributed by atoms with van der Waals surface area (Å²) in [6.07, 6.45) is 7.72. The molecule has 1 atom stereocenters. The Labute approximate surface area is 165 Å². The van der Waals surface area contributed by atoms with Gasteiger partial charge >= 0.3 is 0 Å². The maximum absolute atomic E-state index is 13.1. The number of aromatic amines is 1. The molecule has 0 aliphatic carbocycles. The lowest BCUT2D eigenvalue weighted by molar-refractivity contribution is 0.0936. The minimum absolute atomic E-state index is 0.00467. The van der Waals surface area contributed by atoms with Gasteiger partial charge in [0.2, 0.25) is 5.65 Å². The topological polar surface area (TPSA) is 91.2 Å². The monoisotopic (exact) mass is 391 g/mol. The van der Waals surface area contributed by atoms with Gasteiger partial charge in [-0.15, -0.1) is 10.2 Å². The summed E-state index contributed by atoms with van der Waals surface area (Å²) in [5.41, 5.74) is 2.86. The van der Waals surface area contributed by atoms with Crippen molar-refractivity contribution in [3.05, 3.63) is 66.8 Å². The molecule has 29 heavy (non-hydrogen) atoms. The fourth-order valence-electron chi connectivity index (χ4n) is 3.64. The van der Waals surface area contributed by atoms with Gasteiger partial charge in [0.1, 0.15) is 17.8 Å². The Bertz CT molecular complexity index is 1170. The molecule has 0 saturated carbocycles. The van der Waals surface area contributed by atoms with Crippen LogP contribution in [0.3, 0.4) is 0 Å². The number of nitrogens with zero attached hydrogens (tertiary/aromatic N) is 5. The van der Waals surface area contributed by atoms with Crippen LogP contribution < -0.4 is 10.2 Å². The van der Waals surface area contributed by atoms with Crippen LogP contribution in [0.5, 0.6) is 0 Å². The summed E-state index contributed by atoms with van der Waals surface area (Å²) in [5.74, 6) is 0.309. The molecule has 9 heteroatoms. The van der Waals surface area contributed by atoms with E-state index in [2.05, 4.69) is 30.4 Å². The number of hydrogen-bond donors (Lipinski definition) is 2. The number of hydrogen-bond acceptors (Lipinski definition) is 5. The maximum Gasteiger partial charge on any atom is 0.267 e. The van der Waals surface area contributed by atoms with Crippen LogP contribution in [0.25, 0.3) is 16.8 Å². The lowest BCUT2D eigenvalue weighted by Crippen LogP contribution is -2.37. The molecule has 1 fully saturated rings. The van der Waals surface area contributed by atoms with E-state index in [1.54, 1.807) is 43.1 Å². The van der Waals surface area contributed by atoms with E-state index in [9.17, 15) is 9.18 Å². The number of nitrogens with one attached hydrogen (secondary N) is 2. The Hall–Kier alpha value is -3.75. The standard InChI is InChI=1S/C20H18FN7O/c21-15-3-1-13(2-4-15)14-9-17(23-10-14)20(29)25-16-5-7-27(11-16)18-19-26-24-12-28(19)8-6-22-18/h1-4,6,8-10,12,16,23H,5,7,11H2,(H,25,29)/t16-/m0/s1. The quantitative estimate of drug-likeness (QED) is 0.557. The smallest absolute Gasteiger partial charge is 0.267 e. The lowest BCUT2D eigenvalue weighted by Gasteiger charge is -2.17. The third-order valence-corrected chi connectivity index (χ3v) is 5.13. The second-order valence-electron chi connectivity index (χ2n) is 7.03. The van der Waals surface area contributed by atoms with Gasteiger partial charge in [-0.3, -0.25) is 9.20 Å².